The number of hydrogen-bond acceptors (Lipinski definition) is 3. The topological polar surface area (TPSA) is 66.5 Å². The standard InChI is InChI=1S/C17H11Cl3N2O3/c18-11-7-13(20)14(8-12(11)19)21-15(23)5-6-22-16(24)9-3-1-2-4-10(9)17(22)25/h1-4,7-8H,5-6H2,(H,21,23). The molecule has 0 radical (unpaired) electrons. The van der Waals surface area contributed by atoms with Gasteiger partial charge in [0.1, 0.15) is 0 Å². The van der Waals surface area contributed by atoms with Gasteiger partial charge in [0.25, 0.3) is 11.8 Å². The molecule has 0 saturated carbocycles. The molecule has 2 aromatic carbocycles. The first kappa shape index (κ1) is 17.7. The number of imide groups is 1. The first-order valence-corrected chi connectivity index (χ1v) is 8.41. The summed E-state index contributed by atoms with van der Waals surface area (Å²) in [5, 5.41) is 3.35. The molecule has 0 aromatic heterocycles. The predicted molar refractivity (Wildman–Crippen MR) is 96.5 cm³/mol. The third-order valence-corrected chi connectivity index (χ3v) is 4.76. The van der Waals surface area contributed by atoms with Crippen molar-refractivity contribution in [1.29, 1.82) is 0 Å². The smallest absolute Gasteiger partial charge is 0.261 e. The summed E-state index contributed by atoms with van der Waals surface area (Å²) in [5.74, 6) is -1.21. The zero-order chi connectivity index (χ0) is 18.1. The van der Waals surface area contributed by atoms with Crippen molar-refractivity contribution < 1.29 is 14.4 Å². The van der Waals surface area contributed by atoms with Crippen molar-refractivity contribution in [2.45, 2.75) is 6.42 Å². The summed E-state index contributed by atoms with van der Waals surface area (Å²) >= 11 is 17.7. The van der Waals surface area contributed by atoms with Crippen molar-refractivity contribution in [3.63, 3.8) is 0 Å². The number of benzene rings is 2. The van der Waals surface area contributed by atoms with Crippen LogP contribution in [0.3, 0.4) is 0 Å². The molecular formula is C17H11Cl3N2O3. The fourth-order valence-corrected chi connectivity index (χ4v) is 3.08. The lowest BCUT2D eigenvalue weighted by Crippen LogP contribution is -2.32. The van der Waals surface area contributed by atoms with E-state index in [1.807, 2.05) is 0 Å². The first-order valence-electron chi connectivity index (χ1n) is 7.28. The number of carbonyl (C=O) groups is 3. The Morgan fingerprint density at radius 1 is 0.920 bits per heavy atom. The molecule has 2 aromatic rings. The molecule has 3 rings (SSSR count). The van der Waals surface area contributed by atoms with Crippen LogP contribution < -0.4 is 5.32 Å². The number of rotatable bonds is 4. The van der Waals surface area contributed by atoms with Gasteiger partial charge in [-0.2, -0.15) is 0 Å². The fourth-order valence-electron chi connectivity index (χ4n) is 2.49. The maximum absolute atomic E-state index is 12.2. The number of carbonyl (C=O) groups excluding carboxylic acids is 3. The quantitative estimate of drug-likeness (QED) is 0.619. The molecule has 0 aliphatic carbocycles. The lowest BCUT2D eigenvalue weighted by Gasteiger charge is -2.14. The number of nitrogens with zero attached hydrogens (tertiary/aromatic N) is 1. The van der Waals surface area contributed by atoms with E-state index in [0.29, 0.717) is 16.8 Å². The minimum Gasteiger partial charge on any atom is -0.325 e. The molecule has 128 valence electrons. The molecule has 1 aliphatic rings. The minimum atomic E-state index is -0.406. The molecule has 0 bridgehead atoms. The monoisotopic (exact) mass is 396 g/mol. The summed E-state index contributed by atoms with van der Waals surface area (Å²) in [4.78, 5) is 37.6. The van der Waals surface area contributed by atoms with Crippen LogP contribution in [0.4, 0.5) is 5.69 Å². The Balaban J connectivity index is 1.65. The van der Waals surface area contributed by atoms with Crippen molar-refractivity contribution in [3.8, 4) is 0 Å². The predicted octanol–water partition coefficient (Wildman–Crippen LogP) is 4.27. The summed E-state index contributed by atoms with van der Waals surface area (Å²) in [6, 6.07) is 9.41. The van der Waals surface area contributed by atoms with Crippen LogP contribution in [0.25, 0.3) is 0 Å². The van der Waals surface area contributed by atoms with Crippen LogP contribution in [0.15, 0.2) is 36.4 Å². The van der Waals surface area contributed by atoms with E-state index < -0.39 is 17.7 Å². The summed E-state index contributed by atoms with van der Waals surface area (Å²) < 4.78 is 0. The Hall–Kier alpha value is -2.08. The molecular weight excluding hydrogens is 387 g/mol. The minimum absolute atomic E-state index is 0.0306. The SMILES string of the molecule is O=C(CCN1C(=O)c2ccccc2C1=O)Nc1cc(Cl)c(Cl)cc1Cl. The van der Waals surface area contributed by atoms with Crippen LogP contribution in [-0.2, 0) is 4.79 Å². The molecule has 3 amide bonds. The average molecular weight is 398 g/mol. The third-order valence-electron chi connectivity index (χ3n) is 3.72. The molecule has 8 heteroatoms. The summed E-state index contributed by atoms with van der Waals surface area (Å²) in [6.07, 6.45) is -0.0674. The van der Waals surface area contributed by atoms with Crippen molar-refractivity contribution in [1.82, 2.24) is 4.90 Å². The summed E-state index contributed by atoms with van der Waals surface area (Å²) in [6.45, 7) is -0.0306. The van der Waals surface area contributed by atoms with Crippen LogP contribution in [0.5, 0.6) is 0 Å². The van der Waals surface area contributed by atoms with E-state index in [9.17, 15) is 14.4 Å². The molecule has 0 atom stereocenters. The van der Waals surface area contributed by atoms with Gasteiger partial charge in [0.2, 0.25) is 5.91 Å². The number of fused-ring (bicyclic) bond motifs is 1. The van der Waals surface area contributed by atoms with Gasteiger partial charge in [-0.1, -0.05) is 46.9 Å². The number of hydrogen-bond donors (Lipinski definition) is 1. The molecule has 1 aliphatic heterocycles. The van der Waals surface area contributed by atoms with Gasteiger partial charge < -0.3 is 5.32 Å². The molecule has 0 unspecified atom stereocenters. The zero-order valence-electron chi connectivity index (χ0n) is 12.7. The largest absolute Gasteiger partial charge is 0.325 e. The lowest BCUT2D eigenvalue weighted by atomic mass is 10.1. The first-order chi connectivity index (χ1) is 11.9. The molecule has 25 heavy (non-hydrogen) atoms. The molecule has 5 nitrogen and oxygen atoms in total. The van der Waals surface area contributed by atoms with E-state index in [2.05, 4.69) is 5.32 Å². The van der Waals surface area contributed by atoms with Gasteiger partial charge in [-0.05, 0) is 24.3 Å². The van der Waals surface area contributed by atoms with Crippen LogP contribution in [0.2, 0.25) is 15.1 Å². The number of anilines is 1. The van der Waals surface area contributed by atoms with Crippen LogP contribution >= 0.6 is 34.8 Å². The Labute approximate surface area is 158 Å². The maximum Gasteiger partial charge on any atom is 0.261 e. The van der Waals surface area contributed by atoms with Crippen LogP contribution in [-0.4, -0.2) is 29.2 Å². The number of amides is 3. The van der Waals surface area contributed by atoms with Gasteiger partial charge in [-0.25, -0.2) is 0 Å². The second kappa shape index (κ2) is 7.04. The number of halogens is 3. The maximum atomic E-state index is 12.2. The Bertz CT molecular complexity index is 864. The summed E-state index contributed by atoms with van der Waals surface area (Å²) in [7, 11) is 0. The van der Waals surface area contributed by atoms with Gasteiger partial charge in [-0.15, -0.1) is 0 Å². The van der Waals surface area contributed by atoms with Gasteiger partial charge in [0.15, 0.2) is 0 Å². The molecule has 0 spiro atoms. The van der Waals surface area contributed by atoms with Gasteiger partial charge in [0, 0.05) is 13.0 Å². The van der Waals surface area contributed by atoms with E-state index >= 15 is 0 Å². The van der Waals surface area contributed by atoms with E-state index in [0.717, 1.165) is 4.90 Å². The van der Waals surface area contributed by atoms with E-state index in [1.165, 1.54) is 12.1 Å². The van der Waals surface area contributed by atoms with Crippen molar-refractivity contribution in [2.75, 3.05) is 11.9 Å². The number of nitrogens with one attached hydrogen (secondary N) is 1. The highest BCUT2D eigenvalue weighted by molar-refractivity contribution is 6.44. The van der Waals surface area contributed by atoms with E-state index in [4.69, 9.17) is 34.8 Å². The van der Waals surface area contributed by atoms with E-state index in [-0.39, 0.29) is 28.0 Å². The van der Waals surface area contributed by atoms with Gasteiger partial charge >= 0.3 is 0 Å². The second-order valence-corrected chi connectivity index (χ2v) is 6.57. The normalized spacial score (nSPS) is 13.2. The van der Waals surface area contributed by atoms with Crippen LogP contribution in [0, 0.1) is 0 Å². The Morgan fingerprint density at radius 3 is 2.08 bits per heavy atom. The van der Waals surface area contributed by atoms with Crippen molar-refractivity contribution >= 4 is 58.2 Å². The Kier molecular flexibility index (Phi) is 4.99. The zero-order valence-corrected chi connectivity index (χ0v) is 15.0. The fraction of sp³-hybridized carbons (Fsp3) is 0.118. The Morgan fingerprint density at radius 2 is 1.48 bits per heavy atom. The van der Waals surface area contributed by atoms with Gasteiger partial charge in [-0.3, -0.25) is 19.3 Å². The second-order valence-electron chi connectivity index (χ2n) is 5.35. The van der Waals surface area contributed by atoms with Crippen molar-refractivity contribution in [3.05, 3.63) is 62.6 Å². The molecule has 0 saturated heterocycles. The molecule has 0 fully saturated rings. The highest BCUT2D eigenvalue weighted by atomic mass is 35.5. The van der Waals surface area contributed by atoms with Crippen molar-refractivity contribution in [2.24, 2.45) is 0 Å². The average Bonchev–Trinajstić information content (AvgIpc) is 2.82. The third kappa shape index (κ3) is 3.49. The summed E-state index contributed by atoms with van der Waals surface area (Å²) in [5.41, 5.74) is 1.00. The van der Waals surface area contributed by atoms with Gasteiger partial charge in [0.05, 0.1) is 31.9 Å². The molecule has 1 heterocycles. The highest BCUT2D eigenvalue weighted by Crippen LogP contribution is 2.32. The van der Waals surface area contributed by atoms with E-state index in [1.54, 1.807) is 24.3 Å². The van der Waals surface area contributed by atoms with Crippen LogP contribution in [0.1, 0.15) is 27.1 Å². The molecule has 1 N–H and O–H groups in total. The lowest BCUT2D eigenvalue weighted by molar-refractivity contribution is -0.116. The highest BCUT2D eigenvalue weighted by Gasteiger charge is 2.34.